The molecule has 0 saturated heterocycles. The Labute approximate surface area is 136 Å². The number of hydrogen-bond donors (Lipinski definition) is 0. The molecule has 2 aromatic carbocycles. The van der Waals surface area contributed by atoms with E-state index in [1.165, 1.54) is 0 Å². The molecule has 3 nitrogen and oxygen atoms in total. The fraction of sp³-hybridized carbons (Fsp3) is 0.150. The van der Waals surface area contributed by atoms with Crippen LogP contribution in [0.5, 0.6) is 5.75 Å². The number of aromatic nitrogens is 2. The van der Waals surface area contributed by atoms with Gasteiger partial charge in [-0.15, -0.1) is 0 Å². The molecule has 116 valence electrons. The first-order chi connectivity index (χ1) is 11.3. The van der Waals surface area contributed by atoms with Gasteiger partial charge in [-0.05, 0) is 41.8 Å². The summed E-state index contributed by atoms with van der Waals surface area (Å²) in [5.41, 5.74) is 4.36. The van der Waals surface area contributed by atoms with Crippen molar-refractivity contribution in [2.24, 2.45) is 0 Å². The Hall–Kier alpha value is -2.81. The number of rotatable bonds is 6. The van der Waals surface area contributed by atoms with Crippen LogP contribution in [0.3, 0.4) is 0 Å². The molecule has 1 heterocycles. The lowest BCUT2D eigenvalue weighted by Crippen LogP contribution is -1.95. The highest BCUT2D eigenvalue weighted by atomic mass is 16.5. The van der Waals surface area contributed by atoms with Crippen LogP contribution in [0.4, 0.5) is 0 Å². The summed E-state index contributed by atoms with van der Waals surface area (Å²) in [6, 6.07) is 16.3. The van der Waals surface area contributed by atoms with Gasteiger partial charge in [0.1, 0.15) is 12.4 Å². The summed E-state index contributed by atoms with van der Waals surface area (Å²) in [6.07, 6.45) is 5.76. The van der Waals surface area contributed by atoms with Crippen LogP contribution in [0.25, 0.3) is 17.2 Å². The number of ether oxygens (including phenoxy) is 1. The van der Waals surface area contributed by atoms with Crippen molar-refractivity contribution in [3.63, 3.8) is 0 Å². The molecule has 0 unspecified atom stereocenters. The van der Waals surface area contributed by atoms with Crippen LogP contribution in [0, 0.1) is 0 Å². The van der Waals surface area contributed by atoms with Gasteiger partial charge in [0.05, 0.1) is 6.20 Å². The molecular formula is C20H20N2O. The van der Waals surface area contributed by atoms with Crippen LogP contribution >= 0.6 is 0 Å². The summed E-state index contributed by atoms with van der Waals surface area (Å²) in [7, 11) is 0. The van der Waals surface area contributed by atoms with Crippen molar-refractivity contribution in [3.8, 4) is 16.9 Å². The molecule has 0 amide bonds. The van der Waals surface area contributed by atoms with E-state index in [0.29, 0.717) is 6.61 Å². The van der Waals surface area contributed by atoms with E-state index in [4.69, 9.17) is 4.74 Å². The molecule has 3 heteroatoms. The standard InChI is InChI=1S/C20H20N2O/c1-3-16-10-18(19-13-21-22(4-2)14-19)12-20(11-16)23-15-17-8-6-5-7-9-17/h3,5-14H,1,4,15H2,2H3. The van der Waals surface area contributed by atoms with Crippen LogP contribution in [0.15, 0.2) is 67.5 Å². The third kappa shape index (κ3) is 3.69. The van der Waals surface area contributed by atoms with Crippen LogP contribution in [-0.4, -0.2) is 9.78 Å². The lowest BCUT2D eigenvalue weighted by molar-refractivity contribution is 0.306. The van der Waals surface area contributed by atoms with Gasteiger partial charge in [0.2, 0.25) is 0 Å². The van der Waals surface area contributed by atoms with Gasteiger partial charge in [0.15, 0.2) is 0 Å². The molecule has 0 aliphatic rings. The molecule has 3 rings (SSSR count). The molecule has 0 saturated carbocycles. The fourth-order valence-corrected chi connectivity index (χ4v) is 2.42. The van der Waals surface area contributed by atoms with E-state index in [1.54, 1.807) is 0 Å². The predicted octanol–water partition coefficient (Wildman–Crippen LogP) is 4.79. The van der Waals surface area contributed by atoms with Crippen molar-refractivity contribution in [1.82, 2.24) is 9.78 Å². The quantitative estimate of drug-likeness (QED) is 0.654. The molecule has 0 N–H and O–H groups in total. The first-order valence-corrected chi connectivity index (χ1v) is 7.75. The Morgan fingerprint density at radius 1 is 1.13 bits per heavy atom. The third-order valence-electron chi connectivity index (χ3n) is 3.70. The average Bonchev–Trinajstić information content (AvgIpc) is 3.10. The summed E-state index contributed by atoms with van der Waals surface area (Å²) in [5, 5.41) is 4.34. The van der Waals surface area contributed by atoms with E-state index in [-0.39, 0.29) is 0 Å². The summed E-state index contributed by atoms with van der Waals surface area (Å²) in [4.78, 5) is 0. The lowest BCUT2D eigenvalue weighted by Gasteiger charge is -2.09. The third-order valence-corrected chi connectivity index (χ3v) is 3.70. The van der Waals surface area contributed by atoms with Crippen LogP contribution < -0.4 is 4.74 Å². The maximum absolute atomic E-state index is 5.95. The van der Waals surface area contributed by atoms with Gasteiger partial charge in [-0.25, -0.2) is 0 Å². The largest absolute Gasteiger partial charge is 0.489 e. The van der Waals surface area contributed by atoms with Crippen LogP contribution in [-0.2, 0) is 13.2 Å². The number of aryl methyl sites for hydroxylation is 1. The highest BCUT2D eigenvalue weighted by Gasteiger charge is 2.06. The smallest absolute Gasteiger partial charge is 0.121 e. The summed E-state index contributed by atoms with van der Waals surface area (Å²) >= 11 is 0. The molecule has 3 aromatic rings. The second-order valence-electron chi connectivity index (χ2n) is 5.35. The van der Waals surface area contributed by atoms with Crippen molar-refractivity contribution in [2.75, 3.05) is 0 Å². The van der Waals surface area contributed by atoms with Crippen molar-refractivity contribution < 1.29 is 4.74 Å². The molecule has 0 spiro atoms. The monoisotopic (exact) mass is 304 g/mol. The Kier molecular flexibility index (Phi) is 4.57. The van der Waals surface area contributed by atoms with Crippen LogP contribution in [0.1, 0.15) is 18.1 Å². The molecule has 23 heavy (non-hydrogen) atoms. The maximum atomic E-state index is 5.95. The zero-order chi connectivity index (χ0) is 16.1. The van der Waals surface area contributed by atoms with E-state index in [2.05, 4.69) is 36.8 Å². The number of hydrogen-bond acceptors (Lipinski definition) is 2. The van der Waals surface area contributed by atoms with Gasteiger partial charge in [0.25, 0.3) is 0 Å². The molecule has 0 aliphatic carbocycles. The van der Waals surface area contributed by atoms with Gasteiger partial charge < -0.3 is 4.74 Å². The number of nitrogens with zero attached hydrogens (tertiary/aromatic N) is 2. The highest BCUT2D eigenvalue weighted by Crippen LogP contribution is 2.27. The average molecular weight is 304 g/mol. The van der Waals surface area contributed by atoms with E-state index in [0.717, 1.165) is 34.5 Å². The van der Waals surface area contributed by atoms with Gasteiger partial charge in [-0.1, -0.05) is 43.0 Å². The Morgan fingerprint density at radius 3 is 2.65 bits per heavy atom. The molecular weight excluding hydrogens is 284 g/mol. The van der Waals surface area contributed by atoms with E-state index < -0.39 is 0 Å². The zero-order valence-electron chi connectivity index (χ0n) is 13.3. The molecule has 0 radical (unpaired) electrons. The maximum Gasteiger partial charge on any atom is 0.121 e. The van der Waals surface area contributed by atoms with Crippen LogP contribution in [0.2, 0.25) is 0 Å². The Morgan fingerprint density at radius 2 is 1.96 bits per heavy atom. The topological polar surface area (TPSA) is 27.1 Å². The molecule has 0 fully saturated rings. The first-order valence-electron chi connectivity index (χ1n) is 7.75. The van der Waals surface area contributed by atoms with Crippen molar-refractivity contribution >= 4 is 6.08 Å². The minimum absolute atomic E-state index is 0.551. The molecule has 0 aliphatic heterocycles. The van der Waals surface area contributed by atoms with Gasteiger partial charge >= 0.3 is 0 Å². The van der Waals surface area contributed by atoms with Gasteiger partial charge in [-0.2, -0.15) is 5.10 Å². The molecule has 1 aromatic heterocycles. The van der Waals surface area contributed by atoms with Gasteiger partial charge in [0, 0.05) is 18.3 Å². The molecule has 0 atom stereocenters. The SMILES string of the molecule is C=Cc1cc(OCc2ccccc2)cc(-c2cnn(CC)c2)c1. The van der Waals surface area contributed by atoms with Crippen molar-refractivity contribution in [3.05, 3.63) is 78.6 Å². The fourth-order valence-electron chi connectivity index (χ4n) is 2.42. The van der Waals surface area contributed by atoms with Crippen molar-refractivity contribution in [1.29, 1.82) is 0 Å². The summed E-state index contributed by atoms with van der Waals surface area (Å²) < 4.78 is 7.87. The predicted molar refractivity (Wildman–Crippen MR) is 94.2 cm³/mol. The van der Waals surface area contributed by atoms with E-state index >= 15 is 0 Å². The van der Waals surface area contributed by atoms with E-state index in [9.17, 15) is 0 Å². The first kappa shape index (κ1) is 15.1. The zero-order valence-corrected chi connectivity index (χ0v) is 13.3. The number of benzene rings is 2. The summed E-state index contributed by atoms with van der Waals surface area (Å²) in [6.45, 7) is 7.36. The lowest BCUT2D eigenvalue weighted by atomic mass is 10.1. The normalized spacial score (nSPS) is 10.5. The Balaban J connectivity index is 1.85. The minimum Gasteiger partial charge on any atom is -0.489 e. The minimum atomic E-state index is 0.551. The van der Waals surface area contributed by atoms with Gasteiger partial charge in [-0.3, -0.25) is 4.68 Å². The van der Waals surface area contributed by atoms with Crippen molar-refractivity contribution in [2.45, 2.75) is 20.1 Å². The highest BCUT2D eigenvalue weighted by molar-refractivity contribution is 5.68. The summed E-state index contributed by atoms with van der Waals surface area (Å²) in [5.74, 6) is 0.838. The second kappa shape index (κ2) is 6.97. The molecule has 0 bridgehead atoms. The second-order valence-corrected chi connectivity index (χ2v) is 5.35. The Bertz CT molecular complexity index is 790. The van der Waals surface area contributed by atoms with E-state index in [1.807, 2.05) is 53.5 Å².